The lowest BCUT2D eigenvalue weighted by Crippen LogP contribution is -2.37. The molecule has 0 unspecified atom stereocenters. The molecule has 0 saturated heterocycles. The normalized spacial score (nSPS) is 15.2. The van der Waals surface area contributed by atoms with Crippen LogP contribution < -0.4 is 15.3 Å². The lowest BCUT2D eigenvalue weighted by Gasteiger charge is -2.18. The Labute approximate surface area is 165 Å². The van der Waals surface area contributed by atoms with Crippen molar-refractivity contribution in [1.82, 2.24) is 5.43 Å². The SMILES string of the molecule is COc1ccc(Cl)cc1N1NCC(c2cc(C(F)(F)F)cc(C(F)(F)F)c2)=[N+]1[O-]. The van der Waals surface area contributed by atoms with E-state index < -0.39 is 29.0 Å². The molecule has 0 aliphatic carbocycles. The molecule has 0 aromatic heterocycles. The highest BCUT2D eigenvalue weighted by molar-refractivity contribution is 6.30. The van der Waals surface area contributed by atoms with Gasteiger partial charge in [-0.15, -0.1) is 0 Å². The van der Waals surface area contributed by atoms with E-state index in [1.54, 1.807) is 0 Å². The van der Waals surface area contributed by atoms with Gasteiger partial charge >= 0.3 is 12.4 Å². The molecule has 2 aromatic rings. The Bertz CT molecular complexity index is 942. The number of rotatable bonds is 3. The highest BCUT2D eigenvalue weighted by atomic mass is 35.5. The van der Waals surface area contributed by atoms with E-state index in [1.165, 1.54) is 25.3 Å². The Kier molecular flexibility index (Phi) is 5.30. The Hall–Kier alpha value is -2.66. The molecular formula is C17H12ClF6N3O2. The molecule has 2 aromatic carbocycles. The van der Waals surface area contributed by atoms with Gasteiger partial charge in [0.2, 0.25) is 5.71 Å². The van der Waals surface area contributed by atoms with Gasteiger partial charge in [-0.2, -0.15) is 31.8 Å². The third-order valence-corrected chi connectivity index (χ3v) is 4.33. The number of hydrogen-bond acceptors (Lipinski definition) is 4. The van der Waals surface area contributed by atoms with E-state index in [1.807, 2.05) is 0 Å². The highest BCUT2D eigenvalue weighted by Gasteiger charge is 2.39. The van der Waals surface area contributed by atoms with Crippen LogP contribution in [0.25, 0.3) is 0 Å². The number of halogens is 7. The molecule has 1 aliphatic rings. The molecular weight excluding hydrogens is 428 g/mol. The zero-order valence-electron chi connectivity index (χ0n) is 14.5. The smallest absolute Gasteiger partial charge is 0.416 e. The molecule has 0 atom stereocenters. The summed E-state index contributed by atoms with van der Waals surface area (Å²) >= 11 is 5.91. The zero-order chi connectivity index (χ0) is 21.6. The largest absolute Gasteiger partial charge is 0.595 e. The maximum atomic E-state index is 13.1. The minimum atomic E-state index is -5.02. The first-order valence-corrected chi connectivity index (χ1v) is 8.29. The van der Waals surface area contributed by atoms with Gasteiger partial charge in [0, 0.05) is 10.6 Å². The van der Waals surface area contributed by atoms with Crippen molar-refractivity contribution < 1.29 is 35.9 Å². The van der Waals surface area contributed by atoms with Gasteiger partial charge in [0.15, 0.2) is 5.69 Å². The molecule has 29 heavy (non-hydrogen) atoms. The first kappa shape index (κ1) is 21.1. The first-order valence-electron chi connectivity index (χ1n) is 7.92. The lowest BCUT2D eigenvalue weighted by atomic mass is 10.0. The number of anilines is 1. The third-order valence-electron chi connectivity index (χ3n) is 4.10. The van der Waals surface area contributed by atoms with Gasteiger partial charge in [0.1, 0.15) is 12.3 Å². The molecule has 0 saturated carbocycles. The van der Waals surface area contributed by atoms with Crippen LogP contribution in [0.1, 0.15) is 16.7 Å². The maximum absolute atomic E-state index is 13.1. The van der Waals surface area contributed by atoms with Gasteiger partial charge in [0.25, 0.3) is 0 Å². The van der Waals surface area contributed by atoms with Gasteiger partial charge < -0.3 is 9.94 Å². The van der Waals surface area contributed by atoms with Gasteiger partial charge in [-0.05, 0) is 36.4 Å². The number of benzene rings is 2. The summed E-state index contributed by atoms with van der Waals surface area (Å²) in [5, 5.41) is 13.8. The zero-order valence-corrected chi connectivity index (χ0v) is 15.3. The summed E-state index contributed by atoms with van der Waals surface area (Å²) in [5.41, 5.74) is -1.15. The molecule has 156 valence electrons. The van der Waals surface area contributed by atoms with Gasteiger partial charge in [-0.3, -0.25) is 0 Å². The average Bonchev–Trinajstić information content (AvgIpc) is 3.01. The second kappa shape index (κ2) is 7.30. The minimum absolute atomic E-state index is 0.000646. The monoisotopic (exact) mass is 439 g/mol. The lowest BCUT2D eigenvalue weighted by molar-refractivity contribution is -0.470. The predicted octanol–water partition coefficient (Wildman–Crippen LogP) is 4.63. The van der Waals surface area contributed by atoms with Crippen molar-refractivity contribution >= 4 is 23.0 Å². The van der Waals surface area contributed by atoms with Crippen LogP contribution in [0.2, 0.25) is 5.02 Å². The van der Waals surface area contributed by atoms with Gasteiger partial charge in [-0.1, -0.05) is 21.6 Å². The summed E-state index contributed by atoms with van der Waals surface area (Å²) in [6.07, 6.45) is -10.0. The highest BCUT2D eigenvalue weighted by Crippen LogP contribution is 2.37. The molecule has 0 amide bonds. The van der Waals surface area contributed by atoms with Crippen LogP contribution in [0.15, 0.2) is 36.4 Å². The van der Waals surface area contributed by atoms with Gasteiger partial charge in [-0.25, -0.2) is 0 Å². The Morgan fingerprint density at radius 1 is 1.03 bits per heavy atom. The number of alkyl halides is 6. The van der Waals surface area contributed by atoms with Crippen LogP contribution in [0.3, 0.4) is 0 Å². The van der Waals surface area contributed by atoms with Crippen molar-refractivity contribution in [2.45, 2.75) is 12.4 Å². The summed E-state index contributed by atoms with van der Waals surface area (Å²) in [6.45, 7) is -0.322. The van der Waals surface area contributed by atoms with E-state index >= 15 is 0 Å². The quantitative estimate of drug-likeness (QED) is 0.430. The molecule has 0 fully saturated rings. The number of hydrazine groups is 2. The van der Waals surface area contributed by atoms with E-state index in [2.05, 4.69) is 5.43 Å². The summed E-state index contributed by atoms with van der Waals surface area (Å²) in [4.78, 5) is 0.157. The van der Waals surface area contributed by atoms with Crippen molar-refractivity contribution in [3.63, 3.8) is 0 Å². The van der Waals surface area contributed by atoms with Crippen LogP contribution in [0, 0.1) is 5.21 Å². The second-order valence-electron chi connectivity index (χ2n) is 5.98. The number of nitrogens with one attached hydrogen (secondary N) is 1. The van der Waals surface area contributed by atoms with Crippen molar-refractivity contribution in [3.8, 4) is 5.75 Å². The summed E-state index contributed by atoms with van der Waals surface area (Å²) in [7, 11) is 1.32. The van der Waals surface area contributed by atoms with E-state index in [4.69, 9.17) is 16.3 Å². The van der Waals surface area contributed by atoms with Crippen molar-refractivity contribution in [2.75, 3.05) is 18.8 Å². The summed E-state index contributed by atoms with van der Waals surface area (Å²) in [6, 6.07) is 5.29. The van der Waals surface area contributed by atoms with E-state index in [0.717, 1.165) is 5.12 Å². The topological polar surface area (TPSA) is 50.6 Å². The molecule has 5 nitrogen and oxygen atoms in total. The molecule has 1 aliphatic heterocycles. The fourth-order valence-corrected chi connectivity index (χ4v) is 2.91. The minimum Gasteiger partial charge on any atom is -0.595 e. The predicted molar refractivity (Wildman–Crippen MR) is 92.7 cm³/mol. The number of hydrazone groups is 1. The molecule has 12 heteroatoms. The number of ether oxygens (including phenoxy) is 1. The molecule has 1 heterocycles. The van der Waals surface area contributed by atoms with Crippen LogP contribution in [0.4, 0.5) is 32.0 Å². The number of methoxy groups -OCH3 is 1. The molecule has 1 N–H and O–H groups in total. The van der Waals surface area contributed by atoms with Crippen LogP contribution in [-0.2, 0) is 12.4 Å². The van der Waals surface area contributed by atoms with Crippen LogP contribution >= 0.6 is 11.6 Å². The average molecular weight is 440 g/mol. The maximum Gasteiger partial charge on any atom is 0.416 e. The van der Waals surface area contributed by atoms with Crippen molar-refractivity contribution in [1.29, 1.82) is 0 Å². The van der Waals surface area contributed by atoms with Crippen molar-refractivity contribution in [2.24, 2.45) is 0 Å². The van der Waals surface area contributed by atoms with Crippen LogP contribution in [-0.4, -0.2) is 24.2 Å². The third kappa shape index (κ3) is 4.20. The van der Waals surface area contributed by atoms with E-state index in [9.17, 15) is 31.5 Å². The Morgan fingerprint density at radius 2 is 1.62 bits per heavy atom. The van der Waals surface area contributed by atoms with E-state index in [-0.39, 0.29) is 39.6 Å². The first-order chi connectivity index (χ1) is 13.4. The fourth-order valence-electron chi connectivity index (χ4n) is 2.75. The Balaban J connectivity index is 2.13. The van der Waals surface area contributed by atoms with Crippen LogP contribution in [0.5, 0.6) is 5.75 Å². The van der Waals surface area contributed by atoms with Gasteiger partial charge in [0.05, 0.1) is 18.2 Å². The van der Waals surface area contributed by atoms with Crippen molar-refractivity contribution in [3.05, 3.63) is 63.3 Å². The molecule has 0 radical (unpaired) electrons. The fraction of sp³-hybridized carbons (Fsp3) is 0.235. The Morgan fingerprint density at radius 3 is 2.14 bits per heavy atom. The number of nitrogens with zero attached hydrogens (tertiary/aromatic N) is 2. The molecule has 3 rings (SSSR count). The summed E-state index contributed by atoms with van der Waals surface area (Å²) < 4.78 is 83.6. The summed E-state index contributed by atoms with van der Waals surface area (Å²) in [5.74, 6) is 0.212. The number of hydrogen-bond donors (Lipinski definition) is 1. The molecule has 0 bridgehead atoms. The molecule has 0 spiro atoms. The second-order valence-corrected chi connectivity index (χ2v) is 6.41. The standard InChI is InChI=1S/C17H12ClF6N3O2/c1-29-15-3-2-12(18)7-13(15)26-25-8-14(27(26)28)9-4-10(16(19,20)21)6-11(5-9)17(22,23)24/h2-7,25H,8H2,1H3. The van der Waals surface area contributed by atoms with E-state index in [0.29, 0.717) is 12.1 Å².